The first kappa shape index (κ1) is 22.4. The van der Waals surface area contributed by atoms with E-state index in [2.05, 4.69) is 28.5 Å². The highest BCUT2D eigenvalue weighted by molar-refractivity contribution is 5.88. The van der Waals surface area contributed by atoms with Crippen LogP contribution in [0.25, 0.3) is 0 Å². The zero-order valence-corrected chi connectivity index (χ0v) is 17.9. The number of hydrogen-bond acceptors (Lipinski definition) is 5. The van der Waals surface area contributed by atoms with E-state index in [9.17, 15) is 14.9 Å². The second-order valence-electron chi connectivity index (χ2n) is 9.33. The smallest absolute Gasteiger partial charge is 0.318 e. The van der Waals surface area contributed by atoms with Gasteiger partial charge in [-0.15, -0.1) is 0 Å². The van der Waals surface area contributed by atoms with Crippen molar-refractivity contribution >= 4 is 11.9 Å². The molecule has 3 atom stereocenters. The maximum Gasteiger partial charge on any atom is 0.318 e. The lowest BCUT2D eigenvalue weighted by atomic mass is 9.83. The predicted molar refractivity (Wildman–Crippen MR) is 107 cm³/mol. The maximum absolute atomic E-state index is 13.1. The molecule has 0 aliphatic carbocycles. The normalized spacial score (nSPS) is 27.6. The van der Waals surface area contributed by atoms with Gasteiger partial charge in [0.15, 0.2) is 0 Å². The lowest BCUT2D eigenvalue weighted by Crippen LogP contribution is -2.61. The molecular formula is C20H35N5O3. The Labute approximate surface area is 168 Å². The van der Waals surface area contributed by atoms with Crippen LogP contribution in [-0.4, -0.2) is 79.3 Å². The van der Waals surface area contributed by atoms with E-state index in [1.165, 1.54) is 0 Å². The minimum Gasteiger partial charge on any atom is -0.378 e. The average Bonchev–Trinajstić information content (AvgIpc) is 2.64. The summed E-state index contributed by atoms with van der Waals surface area (Å²) in [6, 6.07) is 1.60. The molecule has 2 N–H and O–H groups in total. The number of ether oxygens (including phenoxy) is 1. The summed E-state index contributed by atoms with van der Waals surface area (Å²) >= 11 is 0. The third-order valence-corrected chi connectivity index (χ3v) is 5.59. The van der Waals surface area contributed by atoms with Crippen molar-refractivity contribution in [1.82, 2.24) is 20.4 Å². The van der Waals surface area contributed by atoms with Crippen LogP contribution in [0, 0.1) is 16.7 Å². The zero-order valence-electron chi connectivity index (χ0n) is 17.9. The first-order valence-corrected chi connectivity index (χ1v) is 10.1. The van der Waals surface area contributed by atoms with E-state index >= 15 is 0 Å². The van der Waals surface area contributed by atoms with Crippen LogP contribution < -0.4 is 10.6 Å². The standard InChI is InChI=1S/C20H35N5O3/c1-15-12-20(14-21,6-7-24(15)5)23-17(26)16(13-19(2,3)4)22-18(27)25-8-10-28-11-9-25/h15-16H,6-13H2,1-5H3,(H,22,27)(H,23,26)/t15?,16-,20?/m0/s1. The molecule has 0 spiro atoms. The van der Waals surface area contributed by atoms with Gasteiger partial charge in [0.05, 0.1) is 19.3 Å². The van der Waals surface area contributed by atoms with Gasteiger partial charge in [-0.3, -0.25) is 4.79 Å². The monoisotopic (exact) mass is 393 g/mol. The summed E-state index contributed by atoms with van der Waals surface area (Å²) in [6.07, 6.45) is 1.65. The van der Waals surface area contributed by atoms with E-state index in [0.29, 0.717) is 45.6 Å². The van der Waals surface area contributed by atoms with Crippen LogP contribution >= 0.6 is 0 Å². The molecule has 8 heteroatoms. The summed E-state index contributed by atoms with van der Waals surface area (Å²) in [7, 11) is 2.03. The zero-order chi connectivity index (χ0) is 20.9. The van der Waals surface area contributed by atoms with Crippen molar-refractivity contribution in [2.24, 2.45) is 5.41 Å². The Bertz CT molecular complexity index is 606. The number of hydrogen-bond donors (Lipinski definition) is 2. The molecule has 0 bridgehead atoms. The SMILES string of the molecule is CC1CC(C#N)(NC(=O)[C@H](CC(C)(C)C)NC(=O)N2CCOCC2)CCN1C. The third-order valence-electron chi connectivity index (χ3n) is 5.59. The molecule has 2 fully saturated rings. The Morgan fingerprint density at radius 3 is 2.46 bits per heavy atom. The highest BCUT2D eigenvalue weighted by Crippen LogP contribution is 2.27. The molecule has 2 aliphatic heterocycles. The van der Waals surface area contributed by atoms with Crippen LogP contribution in [0.15, 0.2) is 0 Å². The summed E-state index contributed by atoms with van der Waals surface area (Å²) < 4.78 is 5.29. The largest absolute Gasteiger partial charge is 0.378 e. The van der Waals surface area contributed by atoms with Gasteiger partial charge in [0.2, 0.25) is 5.91 Å². The maximum atomic E-state index is 13.1. The fraction of sp³-hybridized carbons (Fsp3) is 0.850. The highest BCUT2D eigenvalue weighted by Gasteiger charge is 2.40. The van der Waals surface area contributed by atoms with Crippen LogP contribution in [0.2, 0.25) is 0 Å². The second-order valence-corrected chi connectivity index (χ2v) is 9.33. The molecular weight excluding hydrogens is 358 g/mol. The Kier molecular flexibility index (Phi) is 7.29. The van der Waals surface area contributed by atoms with Gasteiger partial charge in [0, 0.05) is 25.7 Å². The van der Waals surface area contributed by atoms with E-state index in [1.54, 1.807) is 4.90 Å². The van der Waals surface area contributed by atoms with Crippen molar-refractivity contribution in [3.63, 3.8) is 0 Å². The van der Waals surface area contributed by atoms with E-state index in [1.807, 2.05) is 27.8 Å². The van der Waals surface area contributed by atoms with Gasteiger partial charge in [-0.25, -0.2) is 4.79 Å². The Morgan fingerprint density at radius 2 is 1.93 bits per heavy atom. The minimum absolute atomic E-state index is 0.153. The molecule has 2 saturated heterocycles. The number of urea groups is 1. The number of nitrogens with one attached hydrogen (secondary N) is 2. The average molecular weight is 394 g/mol. The van der Waals surface area contributed by atoms with Crippen LogP contribution in [-0.2, 0) is 9.53 Å². The van der Waals surface area contributed by atoms with Crippen LogP contribution in [0.5, 0.6) is 0 Å². The van der Waals surface area contributed by atoms with Gasteiger partial charge in [-0.05, 0) is 38.6 Å². The van der Waals surface area contributed by atoms with Crippen molar-refractivity contribution < 1.29 is 14.3 Å². The molecule has 0 aromatic heterocycles. The summed E-state index contributed by atoms with van der Waals surface area (Å²) in [6.45, 7) is 11.0. The fourth-order valence-electron chi connectivity index (χ4n) is 3.74. The number of nitriles is 1. The van der Waals surface area contributed by atoms with E-state index in [-0.39, 0.29) is 23.4 Å². The third kappa shape index (κ3) is 6.08. The van der Waals surface area contributed by atoms with Crippen molar-refractivity contribution in [1.29, 1.82) is 5.26 Å². The fourth-order valence-corrected chi connectivity index (χ4v) is 3.74. The van der Waals surface area contributed by atoms with Crippen LogP contribution in [0.4, 0.5) is 4.79 Å². The molecule has 158 valence electrons. The number of piperidine rings is 1. The van der Waals surface area contributed by atoms with E-state index in [4.69, 9.17) is 4.74 Å². The van der Waals surface area contributed by atoms with Gasteiger partial charge in [0.1, 0.15) is 11.6 Å². The van der Waals surface area contributed by atoms with Gasteiger partial charge >= 0.3 is 6.03 Å². The Hall–Kier alpha value is -1.85. The van der Waals surface area contributed by atoms with Gasteiger partial charge in [-0.1, -0.05) is 20.8 Å². The first-order valence-electron chi connectivity index (χ1n) is 10.1. The number of carbonyl (C=O) groups is 2. The van der Waals surface area contributed by atoms with Crippen molar-refractivity contribution in [2.75, 3.05) is 39.9 Å². The summed E-state index contributed by atoms with van der Waals surface area (Å²) in [5, 5.41) is 15.7. The lowest BCUT2D eigenvalue weighted by Gasteiger charge is -2.41. The molecule has 0 saturated carbocycles. The molecule has 0 aromatic carbocycles. The Morgan fingerprint density at radius 1 is 1.29 bits per heavy atom. The van der Waals surface area contributed by atoms with Crippen LogP contribution in [0.3, 0.4) is 0 Å². The number of rotatable bonds is 4. The Balaban J connectivity index is 2.09. The molecule has 0 aromatic rings. The quantitative estimate of drug-likeness (QED) is 0.751. The van der Waals surface area contributed by atoms with Gasteiger partial charge < -0.3 is 25.2 Å². The first-order chi connectivity index (χ1) is 13.1. The molecule has 2 unspecified atom stereocenters. The second kappa shape index (κ2) is 9.10. The predicted octanol–water partition coefficient (Wildman–Crippen LogP) is 1.33. The summed E-state index contributed by atoms with van der Waals surface area (Å²) in [5.41, 5.74) is -1.04. The van der Waals surface area contributed by atoms with Crippen LogP contribution in [0.1, 0.15) is 47.0 Å². The molecule has 28 heavy (non-hydrogen) atoms. The molecule has 0 radical (unpaired) electrons. The number of morpholine rings is 1. The van der Waals surface area contributed by atoms with E-state index in [0.717, 1.165) is 6.54 Å². The van der Waals surface area contributed by atoms with Crippen molar-refractivity contribution in [2.45, 2.75) is 64.6 Å². The number of carbonyl (C=O) groups excluding carboxylic acids is 2. The van der Waals surface area contributed by atoms with E-state index < -0.39 is 11.6 Å². The highest BCUT2D eigenvalue weighted by atomic mass is 16.5. The lowest BCUT2D eigenvalue weighted by molar-refractivity contribution is -0.125. The number of likely N-dealkylation sites (tertiary alicyclic amines) is 1. The summed E-state index contributed by atoms with van der Waals surface area (Å²) in [4.78, 5) is 29.6. The number of amides is 3. The molecule has 2 heterocycles. The molecule has 2 aliphatic rings. The van der Waals surface area contributed by atoms with Crippen molar-refractivity contribution in [3.8, 4) is 6.07 Å². The summed E-state index contributed by atoms with van der Waals surface area (Å²) in [5.74, 6) is -0.283. The number of nitrogens with zero attached hydrogens (tertiary/aromatic N) is 3. The molecule has 3 amide bonds. The van der Waals surface area contributed by atoms with Gasteiger partial charge in [0.25, 0.3) is 0 Å². The molecule has 8 nitrogen and oxygen atoms in total. The minimum atomic E-state index is -0.886. The van der Waals surface area contributed by atoms with Gasteiger partial charge in [-0.2, -0.15) is 5.26 Å². The van der Waals surface area contributed by atoms with Crippen molar-refractivity contribution in [3.05, 3.63) is 0 Å². The topological polar surface area (TPSA) is 97.7 Å². The molecule has 2 rings (SSSR count).